The largest absolute Gasteiger partial charge is 0.355 e. The van der Waals surface area contributed by atoms with Gasteiger partial charge in [0.15, 0.2) is 0 Å². The monoisotopic (exact) mass is 237 g/mol. The van der Waals surface area contributed by atoms with Crippen LogP contribution in [0.4, 0.5) is 0 Å². The molecule has 1 saturated heterocycles. The van der Waals surface area contributed by atoms with Crippen molar-refractivity contribution in [3.63, 3.8) is 0 Å². The number of nitrogens with zero attached hydrogens (tertiary/aromatic N) is 1. The minimum atomic E-state index is -0.560. The average molecular weight is 237 g/mol. The molecular formula is C13H23N3O. The summed E-state index contributed by atoms with van der Waals surface area (Å²) in [5.74, 6) is 2.26. The average Bonchev–Trinajstić information content (AvgIpc) is 2.36. The number of terminal acetylenes is 1. The highest BCUT2D eigenvalue weighted by Crippen LogP contribution is 2.08. The Hall–Kier alpha value is -1.05. The van der Waals surface area contributed by atoms with Gasteiger partial charge in [0.2, 0.25) is 5.91 Å². The van der Waals surface area contributed by atoms with Crippen LogP contribution in [0.15, 0.2) is 0 Å². The van der Waals surface area contributed by atoms with Gasteiger partial charge in [-0.15, -0.1) is 12.3 Å². The molecular weight excluding hydrogens is 214 g/mol. The fraction of sp³-hybridized carbons (Fsp3) is 0.769. The zero-order valence-corrected chi connectivity index (χ0v) is 10.5. The molecule has 0 radical (unpaired) electrons. The van der Waals surface area contributed by atoms with E-state index < -0.39 is 6.04 Å². The van der Waals surface area contributed by atoms with Crippen molar-refractivity contribution >= 4 is 5.91 Å². The van der Waals surface area contributed by atoms with Crippen LogP contribution in [0.2, 0.25) is 0 Å². The highest BCUT2D eigenvalue weighted by molar-refractivity contribution is 5.81. The predicted octanol–water partition coefficient (Wildman–Crippen LogP) is 0.329. The van der Waals surface area contributed by atoms with Gasteiger partial charge in [-0.1, -0.05) is 6.42 Å². The molecule has 4 nitrogen and oxygen atoms in total. The van der Waals surface area contributed by atoms with Crippen molar-refractivity contribution in [3.05, 3.63) is 0 Å². The van der Waals surface area contributed by atoms with E-state index in [9.17, 15) is 4.79 Å². The molecule has 1 aliphatic heterocycles. The maximum absolute atomic E-state index is 11.4. The predicted molar refractivity (Wildman–Crippen MR) is 69.3 cm³/mol. The summed E-state index contributed by atoms with van der Waals surface area (Å²) in [6.45, 7) is 4.15. The first-order valence-corrected chi connectivity index (χ1v) is 6.43. The second kappa shape index (κ2) is 8.10. The highest BCUT2D eigenvalue weighted by Gasteiger charge is 2.12. The van der Waals surface area contributed by atoms with Crippen LogP contribution in [0, 0.1) is 12.3 Å². The number of amides is 1. The van der Waals surface area contributed by atoms with Crippen molar-refractivity contribution in [2.45, 2.75) is 38.1 Å². The van der Waals surface area contributed by atoms with E-state index in [2.05, 4.69) is 16.1 Å². The lowest BCUT2D eigenvalue weighted by Gasteiger charge is -2.26. The molecule has 1 amide bonds. The van der Waals surface area contributed by atoms with E-state index in [-0.39, 0.29) is 5.91 Å². The van der Waals surface area contributed by atoms with Crippen LogP contribution >= 0.6 is 0 Å². The van der Waals surface area contributed by atoms with Crippen molar-refractivity contribution in [1.29, 1.82) is 0 Å². The molecule has 0 spiro atoms. The molecule has 96 valence electrons. The molecule has 0 aliphatic carbocycles. The Morgan fingerprint density at radius 3 is 2.76 bits per heavy atom. The van der Waals surface area contributed by atoms with E-state index in [1.54, 1.807) is 0 Å². The molecule has 0 bridgehead atoms. The van der Waals surface area contributed by atoms with Gasteiger partial charge in [-0.3, -0.25) is 4.79 Å². The van der Waals surface area contributed by atoms with E-state index in [0.717, 1.165) is 13.0 Å². The summed E-state index contributed by atoms with van der Waals surface area (Å²) in [6, 6.07) is -0.560. The first-order valence-electron chi connectivity index (χ1n) is 6.43. The Morgan fingerprint density at radius 2 is 2.12 bits per heavy atom. The molecule has 0 aromatic carbocycles. The van der Waals surface area contributed by atoms with Crippen molar-refractivity contribution < 1.29 is 4.79 Å². The maximum Gasteiger partial charge on any atom is 0.237 e. The molecule has 1 rings (SSSR count). The van der Waals surface area contributed by atoms with Crippen LogP contribution in [0.1, 0.15) is 32.1 Å². The van der Waals surface area contributed by atoms with E-state index in [4.69, 9.17) is 12.2 Å². The SMILES string of the molecule is C#CCC(N)C(=O)NCCCN1CCCCC1. The highest BCUT2D eigenvalue weighted by atomic mass is 16.2. The molecule has 1 heterocycles. The van der Waals surface area contributed by atoms with Gasteiger partial charge >= 0.3 is 0 Å². The van der Waals surface area contributed by atoms with Crippen LogP contribution in [-0.2, 0) is 4.79 Å². The number of rotatable bonds is 6. The number of carbonyl (C=O) groups excluding carboxylic acids is 1. The molecule has 1 unspecified atom stereocenters. The Balaban J connectivity index is 2.03. The lowest BCUT2D eigenvalue weighted by Crippen LogP contribution is -2.41. The fourth-order valence-corrected chi connectivity index (χ4v) is 2.05. The number of hydrogen-bond acceptors (Lipinski definition) is 3. The van der Waals surface area contributed by atoms with Crippen LogP contribution < -0.4 is 11.1 Å². The van der Waals surface area contributed by atoms with Gasteiger partial charge in [0.05, 0.1) is 6.04 Å². The van der Waals surface area contributed by atoms with Crippen LogP contribution in [0.25, 0.3) is 0 Å². The van der Waals surface area contributed by atoms with Crippen molar-refractivity contribution in [1.82, 2.24) is 10.2 Å². The normalized spacial score (nSPS) is 18.4. The number of piperidine rings is 1. The van der Waals surface area contributed by atoms with E-state index >= 15 is 0 Å². The number of likely N-dealkylation sites (tertiary alicyclic amines) is 1. The third-order valence-corrected chi connectivity index (χ3v) is 3.07. The van der Waals surface area contributed by atoms with Gasteiger partial charge < -0.3 is 16.0 Å². The first-order chi connectivity index (χ1) is 8.24. The summed E-state index contributed by atoms with van der Waals surface area (Å²) in [5, 5.41) is 2.82. The molecule has 4 heteroatoms. The van der Waals surface area contributed by atoms with Gasteiger partial charge in [-0.05, 0) is 38.9 Å². The summed E-state index contributed by atoms with van der Waals surface area (Å²) in [4.78, 5) is 13.9. The van der Waals surface area contributed by atoms with E-state index in [1.165, 1.54) is 32.4 Å². The van der Waals surface area contributed by atoms with E-state index in [1.807, 2.05) is 0 Å². The maximum atomic E-state index is 11.4. The minimum absolute atomic E-state index is 0.137. The summed E-state index contributed by atoms with van der Waals surface area (Å²) in [5.41, 5.74) is 5.59. The standard InChI is InChI=1S/C13H23N3O/c1-2-7-12(14)13(17)15-8-6-11-16-9-4-3-5-10-16/h1,12H,3-11,14H2,(H,15,17). The Morgan fingerprint density at radius 1 is 1.41 bits per heavy atom. The smallest absolute Gasteiger partial charge is 0.237 e. The van der Waals surface area contributed by atoms with Gasteiger partial charge in [-0.2, -0.15) is 0 Å². The Labute approximate surface area is 104 Å². The first kappa shape index (κ1) is 14.0. The molecule has 0 aromatic rings. The van der Waals surface area contributed by atoms with Gasteiger partial charge in [0, 0.05) is 13.0 Å². The second-order valence-electron chi connectivity index (χ2n) is 4.56. The third-order valence-electron chi connectivity index (χ3n) is 3.07. The van der Waals surface area contributed by atoms with Crippen molar-refractivity contribution in [3.8, 4) is 12.3 Å². The Bertz CT molecular complexity index is 266. The van der Waals surface area contributed by atoms with E-state index in [0.29, 0.717) is 13.0 Å². The molecule has 3 N–H and O–H groups in total. The quantitative estimate of drug-likeness (QED) is 0.517. The minimum Gasteiger partial charge on any atom is -0.355 e. The Kier molecular flexibility index (Phi) is 6.68. The molecule has 1 fully saturated rings. The summed E-state index contributed by atoms with van der Waals surface area (Å²) >= 11 is 0. The second-order valence-corrected chi connectivity index (χ2v) is 4.56. The third kappa shape index (κ3) is 5.71. The summed E-state index contributed by atoms with van der Waals surface area (Å²) < 4.78 is 0. The topological polar surface area (TPSA) is 58.4 Å². The van der Waals surface area contributed by atoms with Crippen molar-refractivity contribution in [2.75, 3.05) is 26.2 Å². The molecule has 0 saturated carbocycles. The summed E-state index contributed by atoms with van der Waals surface area (Å²) in [6.07, 6.45) is 10.4. The molecule has 0 aromatic heterocycles. The van der Waals surface area contributed by atoms with Crippen LogP contribution in [0.3, 0.4) is 0 Å². The molecule has 1 aliphatic rings. The van der Waals surface area contributed by atoms with Crippen molar-refractivity contribution in [2.24, 2.45) is 5.73 Å². The fourth-order valence-electron chi connectivity index (χ4n) is 2.05. The number of nitrogens with one attached hydrogen (secondary N) is 1. The zero-order valence-electron chi connectivity index (χ0n) is 10.5. The lowest BCUT2D eigenvalue weighted by molar-refractivity contribution is -0.122. The lowest BCUT2D eigenvalue weighted by atomic mass is 10.1. The zero-order chi connectivity index (χ0) is 12.5. The molecule has 1 atom stereocenters. The van der Waals surface area contributed by atoms with Crippen LogP contribution in [0.5, 0.6) is 0 Å². The van der Waals surface area contributed by atoms with Crippen LogP contribution in [-0.4, -0.2) is 43.0 Å². The van der Waals surface area contributed by atoms with Gasteiger partial charge in [-0.25, -0.2) is 0 Å². The van der Waals surface area contributed by atoms with Gasteiger partial charge in [0.1, 0.15) is 0 Å². The number of hydrogen-bond donors (Lipinski definition) is 2. The molecule has 17 heavy (non-hydrogen) atoms. The number of carbonyl (C=O) groups is 1. The summed E-state index contributed by atoms with van der Waals surface area (Å²) in [7, 11) is 0. The van der Waals surface area contributed by atoms with Gasteiger partial charge in [0.25, 0.3) is 0 Å². The number of nitrogens with two attached hydrogens (primary N) is 1.